The molecule has 108 valence electrons. The van der Waals surface area contributed by atoms with Crippen LogP contribution < -0.4 is 0 Å². The second-order valence-corrected chi connectivity index (χ2v) is 6.43. The molecule has 0 aromatic heterocycles. The van der Waals surface area contributed by atoms with Crippen molar-refractivity contribution in [3.8, 4) is 0 Å². The number of carbonyl (C=O) groups is 1. The summed E-state index contributed by atoms with van der Waals surface area (Å²) in [5.41, 5.74) is 0.169. The summed E-state index contributed by atoms with van der Waals surface area (Å²) in [6.07, 6.45) is 7.06. The number of benzene rings is 1. The first-order valence-corrected chi connectivity index (χ1v) is 7.91. The van der Waals surface area contributed by atoms with Crippen molar-refractivity contribution in [2.75, 3.05) is 6.54 Å². The van der Waals surface area contributed by atoms with Gasteiger partial charge in [0.05, 0.1) is 5.56 Å². The van der Waals surface area contributed by atoms with Crippen LogP contribution in [-0.2, 0) is 0 Å². The quantitative estimate of drug-likeness (QED) is 0.820. The standard InChI is InChI=1S/C16H20FNOS/c17-14-8-7-12(20)10-13(14)16(19)18-9-3-6-15(18)11-4-1-2-5-11/h7-8,10-11,15,20H,1-6,9H2. The summed E-state index contributed by atoms with van der Waals surface area (Å²) in [4.78, 5) is 15.2. The van der Waals surface area contributed by atoms with E-state index in [2.05, 4.69) is 12.6 Å². The second kappa shape index (κ2) is 5.76. The number of halogens is 1. The topological polar surface area (TPSA) is 20.3 Å². The van der Waals surface area contributed by atoms with Gasteiger partial charge in [0.1, 0.15) is 5.82 Å². The Balaban J connectivity index is 1.83. The molecule has 1 aliphatic heterocycles. The first-order valence-electron chi connectivity index (χ1n) is 7.46. The van der Waals surface area contributed by atoms with Crippen LogP contribution in [0.3, 0.4) is 0 Å². The number of rotatable bonds is 2. The van der Waals surface area contributed by atoms with Gasteiger partial charge in [0, 0.05) is 17.5 Å². The molecule has 0 radical (unpaired) electrons. The van der Waals surface area contributed by atoms with Gasteiger partial charge in [-0.05, 0) is 49.8 Å². The molecule has 0 N–H and O–H groups in total. The van der Waals surface area contributed by atoms with Gasteiger partial charge in [-0.25, -0.2) is 4.39 Å². The van der Waals surface area contributed by atoms with E-state index in [1.165, 1.54) is 31.7 Å². The summed E-state index contributed by atoms with van der Waals surface area (Å²) in [5, 5.41) is 0. The van der Waals surface area contributed by atoms with E-state index >= 15 is 0 Å². The summed E-state index contributed by atoms with van der Waals surface area (Å²) in [5.74, 6) is 0.0152. The third-order valence-corrected chi connectivity index (χ3v) is 4.96. The Bertz CT molecular complexity index is 513. The zero-order valence-electron chi connectivity index (χ0n) is 11.5. The SMILES string of the molecule is O=C(c1cc(S)ccc1F)N1CCCC1C1CCCC1. The molecule has 1 aromatic rings. The fraction of sp³-hybridized carbons (Fsp3) is 0.562. The van der Waals surface area contributed by atoms with Crippen LogP contribution in [0.2, 0.25) is 0 Å². The molecular weight excluding hydrogens is 273 g/mol. The largest absolute Gasteiger partial charge is 0.335 e. The summed E-state index contributed by atoms with van der Waals surface area (Å²) in [6, 6.07) is 4.77. The second-order valence-electron chi connectivity index (χ2n) is 5.92. The maximum atomic E-state index is 13.9. The van der Waals surface area contributed by atoms with Crippen LogP contribution >= 0.6 is 12.6 Å². The van der Waals surface area contributed by atoms with E-state index in [0.717, 1.165) is 19.4 Å². The van der Waals surface area contributed by atoms with Crippen LogP contribution in [0.15, 0.2) is 23.1 Å². The number of hydrogen-bond donors (Lipinski definition) is 1. The van der Waals surface area contributed by atoms with Gasteiger partial charge < -0.3 is 4.90 Å². The van der Waals surface area contributed by atoms with Crippen molar-refractivity contribution in [2.45, 2.75) is 49.5 Å². The molecule has 0 bridgehead atoms. The lowest BCUT2D eigenvalue weighted by Gasteiger charge is -2.29. The molecule has 3 rings (SSSR count). The summed E-state index contributed by atoms with van der Waals surface area (Å²) in [7, 11) is 0. The third-order valence-electron chi connectivity index (χ3n) is 4.68. The van der Waals surface area contributed by atoms with E-state index in [9.17, 15) is 9.18 Å². The molecule has 1 atom stereocenters. The van der Waals surface area contributed by atoms with Gasteiger partial charge in [-0.3, -0.25) is 4.79 Å². The molecule has 1 aliphatic carbocycles. The number of carbonyl (C=O) groups excluding carboxylic acids is 1. The Morgan fingerprint density at radius 2 is 1.95 bits per heavy atom. The van der Waals surface area contributed by atoms with Crippen LogP contribution in [-0.4, -0.2) is 23.4 Å². The Labute approximate surface area is 124 Å². The highest BCUT2D eigenvalue weighted by Gasteiger charge is 2.36. The van der Waals surface area contributed by atoms with Gasteiger partial charge in [0.2, 0.25) is 0 Å². The number of hydrogen-bond acceptors (Lipinski definition) is 2. The van der Waals surface area contributed by atoms with Gasteiger partial charge >= 0.3 is 0 Å². The normalized spacial score (nSPS) is 23.5. The van der Waals surface area contributed by atoms with E-state index in [1.54, 1.807) is 12.1 Å². The van der Waals surface area contributed by atoms with Gasteiger partial charge in [0.25, 0.3) is 5.91 Å². The highest BCUT2D eigenvalue weighted by Crippen LogP contribution is 2.36. The van der Waals surface area contributed by atoms with Gasteiger partial charge in [-0.2, -0.15) is 0 Å². The van der Waals surface area contributed by atoms with Crippen molar-refractivity contribution >= 4 is 18.5 Å². The fourth-order valence-electron chi connectivity index (χ4n) is 3.71. The van der Waals surface area contributed by atoms with E-state index in [1.807, 2.05) is 4.90 Å². The summed E-state index contributed by atoms with van der Waals surface area (Å²) < 4.78 is 13.9. The van der Waals surface area contributed by atoms with Gasteiger partial charge in [0.15, 0.2) is 0 Å². The molecule has 1 unspecified atom stereocenters. The minimum atomic E-state index is -0.440. The third kappa shape index (κ3) is 2.58. The van der Waals surface area contributed by atoms with Gasteiger partial charge in [-0.1, -0.05) is 12.8 Å². The molecule has 1 amide bonds. The molecule has 1 saturated heterocycles. The molecule has 0 spiro atoms. The fourth-order valence-corrected chi connectivity index (χ4v) is 3.91. The smallest absolute Gasteiger partial charge is 0.257 e. The lowest BCUT2D eigenvalue weighted by molar-refractivity contribution is 0.0684. The first kappa shape index (κ1) is 13.9. The van der Waals surface area contributed by atoms with Crippen molar-refractivity contribution in [2.24, 2.45) is 5.92 Å². The lowest BCUT2D eigenvalue weighted by atomic mass is 9.95. The predicted octanol–water partition coefficient (Wildman–Crippen LogP) is 3.91. The maximum absolute atomic E-state index is 13.9. The average molecular weight is 293 g/mol. The molecule has 2 fully saturated rings. The molecule has 2 aliphatic rings. The average Bonchev–Trinajstić information content (AvgIpc) is 3.10. The molecule has 1 aromatic carbocycles. The first-order chi connectivity index (χ1) is 9.66. The Morgan fingerprint density at radius 1 is 1.20 bits per heavy atom. The van der Waals surface area contributed by atoms with Crippen molar-refractivity contribution in [1.82, 2.24) is 4.90 Å². The summed E-state index contributed by atoms with van der Waals surface area (Å²) >= 11 is 4.21. The maximum Gasteiger partial charge on any atom is 0.257 e. The Hall–Kier alpha value is -1.03. The molecule has 20 heavy (non-hydrogen) atoms. The number of likely N-dealkylation sites (tertiary alicyclic amines) is 1. The Kier molecular flexibility index (Phi) is 4.01. The highest BCUT2D eigenvalue weighted by molar-refractivity contribution is 7.80. The lowest BCUT2D eigenvalue weighted by Crippen LogP contribution is -2.39. The van der Waals surface area contributed by atoms with E-state index in [4.69, 9.17) is 0 Å². The van der Waals surface area contributed by atoms with Crippen LogP contribution in [0, 0.1) is 11.7 Å². The molecular formula is C16H20FNOS. The number of amides is 1. The minimum Gasteiger partial charge on any atom is -0.335 e. The van der Waals surface area contributed by atoms with Crippen LogP contribution in [0.1, 0.15) is 48.9 Å². The van der Waals surface area contributed by atoms with E-state index in [0.29, 0.717) is 16.9 Å². The van der Waals surface area contributed by atoms with Crippen LogP contribution in [0.5, 0.6) is 0 Å². The predicted molar refractivity (Wildman–Crippen MR) is 79.7 cm³/mol. The van der Waals surface area contributed by atoms with E-state index in [-0.39, 0.29) is 11.5 Å². The molecule has 1 saturated carbocycles. The Morgan fingerprint density at radius 3 is 2.70 bits per heavy atom. The van der Waals surface area contributed by atoms with E-state index < -0.39 is 5.82 Å². The van der Waals surface area contributed by atoms with Crippen molar-refractivity contribution in [1.29, 1.82) is 0 Å². The monoisotopic (exact) mass is 293 g/mol. The van der Waals surface area contributed by atoms with Gasteiger partial charge in [-0.15, -0.1) is 12.6 Å². The van der Waals surface area contributed by atoms with Crippen LogP contribution in [0.25, 0.3) is 0 Å². The van der Waals surface area contributed by atoms with Crippen molar-refractivity contribution < 1.29 is 9.18 Å². The number of nitrogens with zero attached hydrogens (tertiary/aromatic N) is 1. The zero-order valence-corrected chi connectivity index (χ0v) is 12.4. The number of thiol groups is 1. The van der Waals surface area contributed by atoms with Crippen molar-refractivity contribution in [3.05, 3.63) is 29.6 Å². The van der Waals surface area contributed by atoms with Crippen LogP contribution in [0.4, 0.5) is 4.39 Å². The summed E-state index contributed by atoms with van der Waals surface area (Å²) in [6.45, 7) is 0.760. The minimum absolute atomic E-state index is 0.159. The highest BCUT2D eigenvalue weighted by atomic mass is 32.1. The molecule has 2 nitrogen and oxygen atoms in total. The van der Waals surface area contributed by atoms with Crippen molar-refractivity contribution in [3.63, 3.8) is 0 Å². The molecule has 1 heterocycles. The molecule has 4 heteroatoms. The zero-order chi connectivity index (χ0) is 14.1.